The van der Waals surface area contributed by atoms with Crippen LogP contribution >= 0.6 is 79.6 Å². The molecule has 4 N–H and O–H groups in total. The highest BCUT2D eigenvalue weighted by atomic mass is 79.9. The summed E-state index contributed by atoms with van der Waals surface area (Å²) < 4.78 is 73.1. The van der Waals surface area contributed by atoms with E-state index in [9.17, 15) is 40.8 Å². The van der Waals surface area contributed by atoms with E-state index in [-0.39, 0.29) is 34.2 Å². The summed E-state index contributed by atoms with van der Waals surface area (Å²) in [6.45, 7) is 37.1. The lowest BCUT2D eigenvalue weighted by molar-refractivity contribution is 0.0161. The smallest absolute Gasteiger partial charge is 0.410 e. The molecule has 7 fully saturated rings. The van der Waals surface area contributed by atoms with Gasteiger partial charge in [-0.15, -0.1) is 0 Å². The number of nitrogens with zero attached hydrogens (tertiary/aromatic N) is 5. The van der Waals surface area contributed by atoms with Crippen molar-refractivity contribution >= 4 is 137 Å². The van der Waals surface area contributed by atoms with Gasteiger partial charge in [0.15, 0.2) is 0 Å². The number of nitrogens with one attached hydrogen (secondary N) is 2. The fourth-order valence-electron chi connectivity index (χ4n) is 15.0. The van der Waals surface area contributed by atoms with Gasteiger partial charge in [0.2, 0.25) is 0 Å². The fraction of sp³-hybridized carbons (Fsp3) is 0.474. The Kier molecular flexibility index (Phi) is 37.3. The van der Waals surface area contributed by atoms with Crippen molar-refractivity contribution in [2.45, 2.75) is 218 Å². The second kappa shape index (κ2) is 45.4. The standard InChI is InChI=1S/2C19H26BrNO2.C18H24BrNO2.C14H13BrN2O2S.C11H19NO2.C7H5BrO.C7H10N2O2S/c2*1-19(2,3)23-18(22)21-10-8-14(9-11-21)17-12-16(17)13-4-6-15(20)7-5-13;1-17(2,3)22-16(21)20-10-8-18(9-11-20)12-15(18)13-4-6-14(19)7-5-13;1-11-2-8-14(9-3-11)20(18,19)17-16-10-12-4-6-13(15)7-5-12;1-9-5-7-12(8-6-9)10(13)14-11(2,3)4;8-7-3-1-6(5-9)2-4-7;1-6-2-4-7(5-3-6)12(10,11)9-8/h2*4-7,14,16-17H,8-12H2,1-3H3;4-7,15H,8-12H2,1-3H3;2-10,17H,1H3;1,5-8H2,2-4H3;1-5H;2-5,9H,8H2,1H3/b;;;16-10+;;;/t2*16-,17?;;;;;/m10...../s1. The van der Waals surface area contributed by atoms with Gasteiger partial charge in [-0.3, -0.25) is 10.6 Å². The SMILES string of the molecule is C=C1CCN(C(=O)OC(C)(C)C)CC1.CC(C)(C)OC(=O)N1CCC(C2C[C@@H]2c2ccc(Br)cc2)CC1.CC(C)(C)OC(=O)N1CCC(C2C[C@H]2c2ccc(Br)cc2)CC1.CC(C)(C)OC(=O)N1CCC2(CC1)CC2c1ccc(Br)cc1.Cc1ccc(S(=O)(=O)N/N=C/c2ccc(Br)cc2)cc1.Cc1ccc(S(=O)(=O)NN)cc1.O=Cc1ccc(Br)cc1. The Hall–Kier alpha value is -7.28. The molecule has 123 heavy (non-hydrogen) atoms. The number of amides is 4. The molecule has 14 rings (SSSR count). The molecule has 1 spiro atoms. The number of hydrogen-bond donors (Lipinski definition) is 3. The highest BCUT2D eigenvalue weighted by Crippen LogP contribution is 2.65. The number of aryl methyl sites for hydroxylation is 2. The molecular weight excluding hydrogens is 1920 g/mol. The zero-order valence-electron chi connectivity index (χ0n) is 73.3. The van der Waals surface area contributed by atoms with Crippen molar-refractivity contribution < 1.29 is 59.8 Å². The van der Waals surface area contributed by atoms with Gasteiger partial charge in [0.1, 0.15) is 28.7 Å². The van der Waals surface area contributed by atoms with Crippen molar-refractivity contribution in [3.05, 3.63) is 243 Å². The maximum atomic E-state index is 12.1. The molecule has 7 aromatic carbocycles. The predicted octanol–water partition coefficient (Wildman–Crippen LogP) is 23.4. The molecular formula is C95H123Br5N8O13S2. The Morgan fingerprint density at radius 3 is 1.07 bits per heavy atom. The summed E-state index contributed by atoms with van der Waals surface area (Å²) in [5.74, 6) is 10.1. The number of piperidine rings is 4. The van der Waals surface area contributed by atoms with Crippen LogP contribution in [0.5, 0.6) is 0 Å². The van der Waals surface area contributed by atoms with Crippen LogP contribution in [0.4, 0.5) is 19.2 Å². The van der Waals surface area contributed by atoms with Crippen LogP contribution in [0.25, 0.3) is 0 Å². The second-order valence-electron chi connectivity index (χ2n) is 36.4. The number of nitrogens with two attached hydrogens (primary N) is 1. The van der Waals surface area contributed by atoms with E-state index in [1.54, 1.807) is 58.3 Å². The van der Waals surface area contributed by atoms with Gasteiger partial charge in [-0.1, -0.05) is 188 Å². The predicted molar refractivity (Wildman–Crippen MR) is 507 cm³/mol. The lowest BCUT2D eigenvalue weighted by Gasteiger charge is -2.34. The molecule has 4 amide bonds. The molecule has 0 bridgehead atoms. The van der Waals surface area contributed by atoms with Gasteiger partial charge >= 0.3 is 24.4 Å². The van der Waals surface area contributed by atoms with E-state index in [2.05, 4.69) is 169 Å². The van der Waals surface area contributed by atoms with E-state index in [0.717, 1.165) is 185 Å². The minimum Gasteiger partial charge on any atom is -0.444 e. The minimum absolute atomic E-state index is 0.156. The quantitative estimate of drug-likeness (QED) is 0.0256. The molecule has 4 aliphatic heterocycles. The molecule has 7 aromatic rings. The summed E-state index contributed by atoms with van der Waals surface area (Å²) in [4.78, 5) is 69.7. The number of hydrogen-bond acceptors (Lipinski definition) is 15. The topological polar surface area (TPSA) is 266 Å². The highest BCUT2D eigenvalue weighted by molar-refractivity contribution is 9.11. The van der Waals surface area contributed by atoms with Gasteiger partial charge < -0.3 is 38.5 Å². The Morgan fingerprint density at radius 1 is 0.439 bits per heavy atom. The number of halogens is 5. The first-order valence-electron chi connectivity index (χ1n) is 41.9. The van der Waals surface area contributed by atoms with E-state index in [1.165, 1.54) is 59.9 Å². The number of likely N-dealkylation sites (tertiary alicyclic amines) is 4. The van der Waals surface area contributed by atoms with E-state index < -0.39 is 42.5 Å². The Bertz CT molecular complexity index is 4750. The fourth-order valence-corrected chi connectivity index (χ4v) is 17.8. The first-order chi connectivity index (χ1) is 57.7. The third kappa shape index (κ3) is 34.4. The van der Waals surface area contributed by atoms with Crippen LogP contribution in [0.1, 0.15) is 215 Å². The lowest BCUT2D eigenvalue weighted by atomic mass is 9.89. The summed E-state index contributed by atoms with van der Waals surface area (Å²) in [6.07, 6.45) is 13.9. The number of aldehydes is 1. The third-order valence-corrected chi connectivity index (χ3v) is 27.0. The largest absolute Gasteiger partial charge is 0.444 e. The number of carbonyl (C=O) groups excluding carboxylic acids is 5. The number of hydrazone groups is 1. The third-order valence-electron chi connectivity index (χ3n) is 21.9. The zero-order valence-corrected chi connectivity index (χ0v) is 82.9. The molecule has 21 nitrogen and oxygen atoms in total. The second-order valence-corrected chi connectivity index (χ2v) is 44.4. The maximum absolute atomic E-state index is 12.1. The first kappa shape index (κ1) is 101. The van der Waals surface area contributed by atoms with Crippen LogP contribution in [-0.4, -0.2) is 148 Å². The average molecular weight is 2050 g/mol. The lowest BCUT2D eigenvalue weighted by Crippen LogP contribution is -2.42. The molecule has 4 saturated heterocycles. The molecule has 3 aliphatic carbocycles. The van der Waals surface area contributed by atoms with Crippen molar-refractivity contribution in [2.24, 2.45) is 40.0 Å². The molecule has 668 valence electrons. The monoisotopic (exact) mass is 2040 g/mol. The van der Waals surface area contributed by atoms with Crippen molar-refractivity contribution in [3.8, 4) is 0 Å². The molecule has 0 aromatic heterocycles. The number of ether oxygens (including phenoxy) is 4. The summed E-state index contributed by atoms with van der Waals surface area (Å²) >= 11 is 17.1. The van der Waals surface area contributed by atoms with E-state index >= 15 is 0 Å². The molecule has 28 heteroatoms. The first-order valence-corrected chi connectivity index (χ1v) is 48.8. The normalized spacial score (nSPS) is 19.4. The summed E-state index contributed by atoms with van der Waals surface area (Å²) in [5.41, 5.74) is 7.92. The minimum atomic E-state index is -3.61. The van der Waals surface area contributed by atoms with Crippen LogP contribution in [-0.2, 0) is 39.0 Å². The summed E-state index contributed by atoms with van der Waals surface area (Å²) in [7, 11) is -7.10. The summed E-state index contributed by atoms with van der Waals surface area (Å²) in [6, 6.07) is 53.8. The Balaban J connectivity index is 0.000000182. The van der Waals surface area contributed by atoms with E-state index in [1.807, 2.05) is 148 Å². The molecule has 3 saturated carbocycles. The van der Waals surface area contributed by atoms with Crippen LogP contribution in [0.15, 0.2) is 219 Å². The van der Waals surface area contributed by atoms with Crippen molar-refractivity contribution in [1.29, 1.82) is 0 Å². The van der Waals surface area contributed by atoms with Gasteiger partial charge in [0.25, 0.3) is 20.0 Å². The van der Waals surface area contributed by atoms with Crippen molar-refractivity contribution in [2.75, 3.05) is 52.4 Å². The zero-order chi connectivity index (χ0) is 90.4. The number of rotatable bonds is 12. The highest BCUT2D eigenvalue weighted by Gasteiger charge is 2.56. The molecule has 4 heterocycles. The molecule has 3 unspecified atom stereocenters. The maximum Gasteiger partial charge on any atom is 0.410 e. The van der Waals surface area contributed by atoms with Crippen molar-refractivity contribution in [3.63, 3.8) is 0 Å². The van der Waals surface area contributed by atoms with Gasteiger partial charge in [-0.2, -0.15) is 18.4 Å². The van der Waals surface area contributed by atoms with Crippen LogP contribution in [0, 0.1) is 42.9 Å². The number of sulfonamides is 2. The summed E-state index contributed by atoms with van der Waals surface area (Å²) in [5, 5.41) is 3.76. The number of hydrazine groups is 1. The van der Waals surface area contributed by atoms with Crippen LogP contribution in [0.2, 0.25) is 0 Å². The Morgan fingerprint density at radius 2 is 0.740 bits per heavy atom. The van der Waals surface area contributed by atoms with E-state index in [4.69, 9.17) is 24.8 Å². The van der Waals surface area contributed by atoms with E-state index in [0.29, 0.717) is 16.9 Å². The van der Waals surface area contributed by atoms with Gasteiger partial charge in [0.05, 0.1) is 16.0 Å². The van der Waals surface area contributed by atoms with Gasteiger partial charge in [-0.25, -0.2) is 32.4 Å². The molecule has 7 aliphatic rings. The number of carbonyl (C=O) groups is 5. The molecule has 5 atom stereocenters. The van der Waals surface area contributed by atoms with Crippen LogP contribution in [0.3, 0.4) is 0 Å². The average Bonchev–Trinajstić information content (AvgIpc) is 1.58. The molecule has 0 radical (unpaired) electrons. The van der Waals surface area contributed by atoms with Gasteiger partial charge in [0, 0.05) is 80.3 Å². The van der Waals surface area contributed by atoms with Crippen LogP contribution < -0.4 is 15.5 Å². The Labute approximate surface area is 772 Å². The number of benzene rings is 7. The van der Waals surface area contributed by atoms with Gasteiger partial charge in [-0.05, 0) is 322 Å². The van der Waals surface area contributed by atoms with Crippen molar-refractivity contribution in [1.82, 2.24) is 29.3 Å².